The van der Waals surface area contributed by atoms with E-state index in [1.165, 1.54) is 12.1 Å². The number of nitrogens with zero attached hydrogens (tertiary/aromatic N) is 1. The van der Waals surface area contributed by atoms with E-state index in [1.54, 1.807) is 6.07 Å². The van der Waals surface area contributed by atoms with Gasteiger partial charge in [0.05, 0.1) is 12.6 Å². The number of halogens is 1. The molecule has 3 nitrogen and oxygen atoms in total. The Labute approximate surface area is 170 Å². The van der Waals surface area contributed by atoms with Crippen LogP contribution in [0.25, 0.3) is 11.1 Å². The molecule has 1 heterocycles. The molecule has 148 valence electrons. The van der Waals surface area contributed by atoms with Gasteiger partial charge in [0.25, 0.3) is 0 Å². The maximum atomic E-state index is 13.5. The Balaban J connectivity index is 1.54. The number of aliphatic hydroxyl groups is 1. The van der Waals surface area contributed by atoms with Crippen LogP contribution in [0, 0.1) is 5.82 Å². The van der Waals surface area contributed by atoms with Gasteiger partial charge in [0, 0.05) is 18.2 Å². The lowest BCUT2D eigenvalue weighted by atomic mass is 9.91. The van der Waals surface area contributed by atoms with E-state index < -0.39 is 0 Å². The van der Waals surface area contributed by atoms with E-state index in [0.717, 1.165) is 16.7 Å². The fourth-order valence-corrected chi connectivity index (χ4v) is 4.00. The number of hydrogen-bond acceptors (Lipinski definition) is 3. The smallest absolute Gasteiger partial charge is 0.176 e. The van der Waals surface area contributed by atoms with Crippen LogP contribution in [0.4, 0.5) is 4.39 Å². The van der Waals surface area contributed by atoms with Crippen LogP contribution in [0.3, 0.4) is 0 Å². The Hall–Kier alpha value is -2.82. The first kappa shape index (κ1) is 19.5. The Morgan fingerprint density at radius 2 is 1.72 bits per heavy atom. The summed E-state index contributed by atoms with van der Waals surface area (Å²) in [5.74, 6) is -0.170. The molecule has 0 aliphatic carbocycles. The molecule has 0 radical (unpaired) electrons. The van der Waals surface area contributed by atoms with Crippen LogP contribution in [-0.4, -0.2) is 35.0 Å². The Bertz CT molecular complexity index is 972. The Morgan fingerprint density at radius 1 is 0.966 bits per heavy atom. The number of Topliss-reactive ketones (excluding diaryl/α,β-unsaturated/α-hetero) is 1. The highest BCUT2D eigenvalue weighted by Crippen LogP contribution is 2.32. The molecule has 4 heteroatoms. The van der Waals surface area contributed by atoms with E-state index in [2.05, 4.69) is 4.90 Å². The van der Waals surface area contributed by atoms with Crippen molar-refractivity contribution in [1.82, 2.24) is 4.90 Å². The summed E-state index contributed by atoms with van der Waals surface area (Å²) in [6, 6.07) is 23.8. The summed E-state index contributed by atoms with van der Waals surface area (Å²) in [5.41, 5.74) is 3.54. The van der Waals surface area contributed by atoms with Gasteiger partial charge in [0.15, 0.2) is 5.78 Å². The van der Waals surface area contributed by atoms with E-state index in [1.807, 2.05) is 60.7 Å². The van der Waals surface area contributed by atoms with Gasteiger partial charge in [-0.3, -0.25) is 9.69 Å². The zero-order valence-electron chi connectivity index (χ0n) is 16.2. The van der Waals surface area contributed by atoms with Gasteiger partial charge < -0.3 is 5.11 Å². The first-order valence-corrected chi connectivity index (χ1v) is 9.96. The summed E-state index contributed by atoms with van der Waals surface area (Å²) < 4.78 is 13.5. The number of carbonyl (C=O) groups is 1. The van der Waals surface area contributed by atoms with Crippen molar-refractivity contribution in [3.05, 3.63) is 95.8 Å². The van der Waals surface area contributed by atoms with E-state index in [0.29, 0.717) is 31.5 Å². The highest BCUT2D eigenvalue weighted by atomic mass is 19.1. The Kier molecular flexibility index (Phi) is 5.84. The van der Waals surface area contributed by atoms with Crippen molar-refractivity contribution in [2.75, 3.05) is 13.1 Å². The maximum absolute atomic E-state index is 13.5. The van der Waals surface area contributed by atoms with E-state index >= 15 is 0 Å². The predicted molar refractivity (Wildman–Crippen MR) is 112 cm³/mol. The molecule has 0 saturated carbocycles. The summed E-state index contributed by atoms with van der Waals surface area (Å²) >= 11 is 0. The Morgan fingerprint density at radius 3 is 2.45 bits per heavy atom. The second-order valence-electron chi connectivity index (χ2n) is 7.59. The molecular weight excluding hydrogens is 365 g/mol. The van der Waals surface area contributed by atoms with Crippen molar-refractivity contribution in [2.24, 2.45) is 0 Å². The third kappa shape index (κ3) is 4.61. The summed E-state index contributed by atoms with van der Waals surface area (Å²) in [6.07, 6.45) is 0.896. The van der Waals surface area contributed by atoms with Gasteiger partial charge in [-0.2, -0.15) is 0 Å². The lowest BCUT2D eigenvalue weighted by Crippen LogP contribution is -2.41. The monoisotopic (exact) mass is 389 g/mol. The van der Waals surface area contributed by atoms with Crippen LogP contribution in [0.1, 0.15) is 34.8 Å². The molecule has 1 N–H and O–H groups in total. The van der Waals surface area contributed by atoms with Crippen molar-refractivity contribution in [3.63, 3.8) is 0 Å². The minimum Gasteiger partial charge on any atom is -0.393 e. The molecule has 1 aliphatic heterocycles. The number of hydrogen-bond donors (Lipinski definition) is 1. The first-order chi connectivity index (χ1) is 14.1. The minimum atomic E-state index is -0.369. The van der Waals surface area contributed by atoms with E-state index in [9.17, 15) is 14.3 Å². The van der Waals surface area contributed by atoms with Crippen molar-refractivity contribution >= 4 is 5.78 Å². The van der Waals surface area contributed by atoms with Gasteiger partial charge in [-0.25, -0.2) is 4.39 Å². The molecule has 0 spiro atoms. The van der Waals surface area contributed by atoms with Crippen molar-refractivity contribution < 1.29 is 14.3 Å². The molecule has 0 aromatic heterocycles. The average Bonchev–Trinajstić information content (AvgIpc) is 2.76. The SMILES string of the molecule is O=C(CN1CCC(O)CC1c1ccc(-c2cccc(F)c2)cc1)c1ccccc1. The van der Waals surface area contributed by atoms with Crippen LogP contribution < -0.4 is 0 Å². The molecule has 2 atom stereocenters. The molecule has 0 bridgehead atoms. The van der Waals surface area contributed by atoms with Gasteiger partial charge in [0.1, 0.15) is 5.82 Å². The van der Waals surface area contributed by atoms with Crippen molar-refractivity contribution in [1.29, 1.82) is 0 Å². The highest BCUT2D eigenvalue weighted by molar-refractivity contribution is 5.97. The van der Waals surface area contributed by atoms with Gasteiger partial charge in [-0.05, 0) is 41.7 Å². The summed E-state index contributed by atoms with van der Waals surface area (Å²) in [5, 5.41) is 10.2. The molecule has 4 rings (SSSR count). The predicted octanol–water partition coefficient (Wildman–Crippen LogP) is 4.87. The van der Waals surface area contributed by atoms with Gasteiger partial charge >= 0.3 is 0 Å². The lowest BCUT2D eigenvalue weighted by Gasteiger charge is -2.37. The third-order valence-corrected chi connectivity index (χ3v) is 5.58. The molecule has 0 amide bonds. The zero-order chi connectivity index (χ0) is 20.2. The topological polar surface area (TPSA) is 40.5 Å². The van der Waals surface area contributed by atoms with Crippen LogP contribution in [-0.2, 0) is 0 Å². The number of ketones is 1. The van der Waals surface area contributed by atoms with Crippen LogP contribution in [0.5, 0.6) is 0 Å². The van der Waals surface area contributed by atoms with E-state index in [4.69, 9.17) is 0 Å². The average molecular weight is 389 g/mol. The number of benzene rings is 3. The lowest BCUT2D eigenvalue weighted by molar-refractivity contribution is 0.0390. The quantitative estimate of drug-likeness (QED) is 0.633. The van der Waals surface area contributed by atoms with Crippen LogP contribution in [0.2, 0.25) is 0 Å². The van der Waals surface area contributed by atoms with Gasteiger partial charge in [0.2, 0.25) is 0 Å². The summed E-state index contributed by atoms with van der Waals surface area (Å²) in [7, 11) is 0. The van der Waals surface area contributed by atoms with Crippen molar-refractivity contribution in [2.45, 2.75) is 25.0 Å². The molecule has 1 fully saturated rings. The maximum Gasteiger partial charge on any atom is 0.176 e. The van der Waals surface area contributed by atoms with E-state index in [-0.39, 0.29) is 23.7 Å². The molecule has 29 heavy (non-hydrogen) atoms. The molecule has 3 aromatic rings. The normalized spacial score (nSPS) is 19.8. The highest BCUT2D eigenvalue weighted by Gasteiger charge is 2.30. The molecule has 3 aromatic carbocycles. The molecule has 1 saturated heterocycles. The number of rotatable bonds is 5. The molecule has 1 aliphatic rings. The minimum absolute atomic E-state index is 0.0204. The van der Waals surface area contributed by atoms with Crippen LogP contribution >= 0.6 is 0 Å². The number of carbonyl (C=O) groups excluding carboxylic acids is 1. The van der Waals surface area contributed by atoms with Gasteiger partial charge in [-0.1, -0.05) is 66.7 Å². The largest absolute Gasteiger partial charge is 0.393 e. The number of aliphatic hydroxyl groups excluding tert-OH is 1. The first-order valence-electron chi connectivity index (χ1n) is 9.96. The van der Waals surface area contributed by atoms with Crippen molar-refractivity contribution in [3.8, 4) is 11.1 Å². The molecule has 2 unspecified atom stereocenters. The van der Waals surface area contributed by atoms with Crippen LogP contribution in [0.15, 0.2) is 78.9 Å². The number of likely N-dealkylation sites (tertiary alicyclic amines) is 1. The van der Waals surface area contributed by atoms with Gasteiger partial charge in [-0.15, -0.1) is 0 Å². The second kappa shape index (κ2) is 8.68. The fourth-order valence-electron chi connectivity index (χ4n) is 4.00. The number of piperidine rings is 1. The second-order valence-corrected chi connectivity index (χ2v) is 7.59. The molecular formula is C25H24FNO2. The standard InChI is InChI=1S/C25H24FNO2/c26-22-8-4-7-21(15-22)18-9-11-19(12-10-18)24-16-23(28)13-14-27(24)17-25(29)20-5-2-1-3-6-20/h1-12,15,23-24,28H,13-14,16-17H2. The summed E-state index contributed by atoms with van der Waals surface area (Å²) in [4.78, 5) is 14.9. The third-order valence-electron chi connectivity index (χ3n) is 5.58. The summed E-state index contributed by atoms with van der Waals surface area (Å²) in [6.45, 7) is 1.00. The zero-order valence-corrected chi connectivity index (χ0v) is 16.2. The fraction of sp³-hybridized carbons (Fsp3) is 0.240.